The number of halogens is 1. The molecule has 1 rings (SSSR count). The molecule has 3 heteroatoms. The van der Waals surface area contributed by atoms with Gasteiger partial charge in [0.1, 0.15) is 0 Å². The Morgan fingerprint density at radius 2 is 1.89 bits per heavy atom. The summed E-state index contributed by atoms with van der Waals surface area (Å²) in [6.45, 7) is 13.1. The summed E-state index contributed by atoms with van der Waals surface area (Å²) in [7, 11) is 2.17. The Bertz CT molecular complexity index is 408. The van der Waals surface area contributed by atoms with Crippen LogP contribution in [-0.4, -0.2) is 19.6 Å². The van der Waals surface area contributed by atoms with Crippen molar-refractivity contribution in [3.8, 4) is 0 Å². The van der Waals surface area contributed by atoms with E-state index in [1.54, 1.807) is 0 Å². The van der Waals surface area contributed by atoms with Gasteiger partial charge >= 0.3 is 0 Å². The van der Waals surface area contributed by atoms with Gasteiger partial charge in [-0.25, -0.2) is 0 Å². The molecule has 1 aromatic rings. The van der Waals surface area contributed by atoms with Gasteiger partial charge in [0.25, 0.3) is 0 Å². The highest BCUT2D eigenvalue weighted by molar-refractivity contribution is 9.10. The first kappa shape index (κ1) is 16.5. The van der Waals surface area contributed by atoms with Crippen LogP contribution in [0.15, 0.2) is 22.7 Å². The molecule has 108 valence electrons. The van der Waals surface area contributed by atoms with Crippen LogP contribution < -0.4 is 10.2 Å². The maximum absolute atomic E-state index is 3.58. The van der Waals surface area contributed by atoms with Crippen molar-refractivity contribution in [2.45, 2.75) is 47.2 Å². The van der Waals surface area contributed by atoms with Crippen LogP contribution in [0.4, 0.5) is 5.69 Å². The summed E-state index contributed by atoms with van der Waals surface area (Å²) in [5.74, 6) is 0. The first-order valence-electron chi connectivity index (χ1n) is 6.92. The van der Waals surface area contributed by atoms with E-state index in [1.165, 1.54) is 11.3 Å². The second-order valence-corrected chi connectivity index (χ2v) is 7.64. The lowest BCUT2D eigenvalue weighted by Gasteiger charge is -2.30. The van der Waals surface area contributed by atoms with Gasteiger partial charge in [0.05, 0.1) is 0 Å². The van der Waals surface area contributed by atoms with Crippen molar-refractivity contribution in [1.82, 2.24) is 5.32 Å². The predicted octanol–water partition coefficient (Wildman–Crippen LogP) is 4.43. The van der Waals surface area contributed by atoms with Crippen molar-refractivity contribution >= 4 is 21.6 Å². The van der Waals surface area contributed by atoms with Crippen molar-refractivity contribution in [2.75, 3.05) is 18.5 Å². The molecule has 19 heavy (non-hydrogen) atoms. The molecule has 0 aliphatic heterocycles. The summed E-state index contributed by atoms with van der Waals surface area (Å²) in [5, 5.41) is 3.50. The average Bonchev–Trinajstić information content (AvgIpc) is 2.24. The summed E-state index contributed by atoms with van der Waals surface area (Å²) in [6.07, 6.45) is 0. The zero-order valence-electron chi connectivity index (χ0n) is 13.0. The molecule has 0 fully saturated rings. The molecule has 0 atom stereocenters. The van der Waals surface area contributed by atoms with Gasteiger partial charge in [-0.15, -0.1) is 0 Å². The third-order valence-electron chi connectivity index (χ3n) is 2.87. The summed E-state index contributed by atoms with van der Waals surface area (Å²) in [4.78, 5) is 2.35. The van der Waals surface area contributed by atoms with Crippen molar-refractivity contribution in [2.24, 2.45) is 5.41 Å². The molecule has 0 spiro atoms. The zero-order valence-corrected chi connectivity index (χ0v) is 14.6. The Kier molecular flexibility index (Phi) is 5.87. The SMILES string of the molecule is CC(C)NCc1ccc(Br)cc1N(C)CC(C)(C)C. The van der Waals surface area contributed by atoms with E-state index >= 15 is 0 Å². The molecule has 0 radical (unpaired) electrons. The molecule has 0 aliphatic rings. The van der Waals surface area contributed by atoms with Crippen LogP contribution >= 0.6 is 15.9 Å². The molecule has 0 amide bonds. The normalized spacial score (nSPS) is 12.0. The molecule has 1 N–H and O–H groups in total. The molecule has 0 saturated carbocycles. The van der Waals surface area contributed by atoms with Crippen molar-refractivity contribution in [3.05, 3.63) is 28.2 Å². The fourth-order valence-corrected chi connectivity index (χ4v) is 2.50. The third-order valence-corrected chi connectivity index (χ3v) is 3.36. The second kappa shape index (κ2) is 6.76. The van der Waals surface area contributed by atoms with Gasteiger partial charge in [0.2, 0.25) is 0 Å². The lowest BCUT2D eigenvalue weighted by molar-refractivity contribution is 0.418. The smallest absolute Gasteiger partial charge is 0.0420 e. The number of hydrogen-bond acceptors (Lipinski definition) is 2. The Labute approximate surface area is 126 Å². The molecule has 1 aromatic carbocycles. The maximum atomic E-state index is 3.58. The minimum atomic E-state index is 0.291. The van der Waals surface area contributed by atoms with Crippen LogP contribution in [0.3, 0.4) is 0 Å². The molecule has 0 bridgehead atoms. The van der Waals surface area contributed by atoms with Gasteiger partial charge < -0.3 is 10.2 Å². The van der Waals surface area contributed by atoms with Crippen LogP contribution in [0.5, 0.6) is 0 Å². The quantitative estimate of drug-likeness (QED) is 0.861. The molecule has 0 saturated heterocycles. The predicted molar refractivity (Wildman–Crippen MR) is 88.8 cm³/mol. The summed E-state index contributed by atoms with van der Waals surface area (Å²) < 4.78 is 1.14. The van der Waals surface area contributed by atoms with Crippen LogP contribution in [0, 0.1) is 5.41 Å². The summed E-state index contributed by atoms with van der Waals surface area (Å²) in [6, 6.07) is 7.03. The first-order valence-corrected chi connectivity index (χ1v) is 7.71. The van der Waals surface area contributed by atoms with E-state index in [0.29, 0.717) is 11.5 Å². The van der Waals surface area contributed by atoms with Gasteiger partial charge in [-0.2, -0.15) is 0 Å². The van der Waals surface area contributed by atoms with Gasteiger partial charge in [0, 0.05) is 36.3 Å². The standard InChI is InChI=1S/C16H27BrN2/c1-12(2)18-10-13-7-8-14(17)9-15(13)19(6)11-16(3,4)5/h7-9,12,18H,10-11H2,1-6H3. The van der Waals surface area contributed by atoms with Crippen LogP contribution in [0.2, 0.25) is 0 Å². The van der Waals surface area contributed by atoms with Gasteiger partial charge in [-0.1, -0.05) is 56.6 Å². The lowest BCUT2D eigenvalue weighted by atomic mass is 9.95. The first-order chi connectivity index (χ1) is 8.69. The van der Waals surface area contributed by atoms with Crippen molar-refractivity contribution in [3.63, 3.8) is 0 Å². The Hall–Kier alpha value is -0.540. The fourth-order valence-electron chi connectivity index (χ4n) is 2.15. The van der Waals surface area contributed by atoms with Crippen LogP contribution in [0.25, 0.3) is 0 Å². The van der Waals surface area contributed by atoms with E-state index in [2.05, 4.69) is 86.0 Å². The van der Waals surface area contributed by atoms with Crippen molar-refractivity contribution < 1.29 is 0 Å². The van der Waals surface area contributed by atoms with Gasteiger partial charge in [-0.3, -0.25) is 0 Å². The Balaban J connectivity index is 2.93. The average molecular weight is 327 g/mol. The third kappa shape index (κ3) is 5.96. The van der Waals surface area contributed by atoms with Gasteiger partial charge in [-0.05, 0) is 23.1 Å². The Morgan fingerprint density at radius 3 is 2.42 bits per heavy atom. The second-order valence-electron chi connectivity index (χ2n) is 6.73. The molecule has 0 heterocycles. The summed E-state index contributed by atoms with van der Waals surface area (Å²) >= 11 is 3.58. The van der Waals surface area contributed by atoms with Gasteiger partial charge in [0.15, 0.2) is 0 Å². The minimum absolute atomic E-state index is 0.291. The van der Waals surface area contributed by atoms with E-state index < -0.39 is 0 Å². The van der Waals surface area contributed by atoms with Crippen LogP contribution in [0.1, 0.15) is 40.2 Å². The monoisotopic (exact) mass is 326 g/mol. The maximum Gasteiger partial charge on any atom is 0.0420 e. The Morgan fingerprint density at radius 1 is 1.26 bits per heavy atom. The van der Waals surface area contributed by atoms with Crippen LogP contribution in [-0.2, 0) is 6.54 Å². The highest BCUT2D eigenvalue weighted by Crippen LogP contribution is 2.27. The minimum Gasteiger partial charge on any atom is -0.374 e. The highest BCUT2D eigenvalue weighted by Gasteiger charge is 2.16. The molecule has 2 nitrogen and oxygen atoms in total. The number of nitrogens with one attached hydrogen (secondary N) is 1. The molecular formula is C16H27BrN2. The number of nitrogens with zero attached hydrogens (tertiary/aromatic N) is 1. The van der Waals surface area contributed by atoms with E-state index in [4.69, 9.17) is 0 Å². The van der Waals surface area contributed by atoms with Crippen molar-refractivity contribution in [1.29, 1.82) is 0 Å². The largest absolute Gasteiger partial charge is 0.374 e. The van der Waals surface area contributed by atoms with E-state index in [1.807, 2.05) is 0 Å². The molecule has 0 aliphatic carbocycles. The summed E-state index contributed by atoms with van der Waals surface area (Å²) in [5.41, 5.74) is 2.95. The van der Waals surface area contributed by atoms with E-state index in [0.717, 1.165) is 17.6 Å². The number of anilines is 1. The molecule has 0 unspecified atom stereocenters. The molecule has 0 aromatic heterocycles. The fraction of sp³-hybridized carbons (Fsp3) is 0.625. The number of benzene rings is 1. The van der Waals surface area contributed by atoms with E-state index in [9.17, 15) is 0 Å². The molecular weight excluding hydrogens is 300 g/mol. The topological polar surface area (TPSA) is 15.3 Å². The zero-order chi connectivity index (χ0) is 14.6. The highest BCUT2D eigenvalue weighted by atomic mass is 79.9. The number of rotatable bonds is 5. The number of hydrogen-bond donors (Lipinski definition) is 1. The lowest BCUT2D eigenvalue weighted by Crippen LogP contribution is -2.31. The van der Waals surface area contributed by atoms with E-state index in [-0.39, 0.29) is 0 Å².